The van der Waals surface area contributed by atoms with E-state index >= 15 is 0 Å². The summed E-state index contributed by atoms with van der Waals surface area (Å²) in [5.74, 6) is -1.96. The summed E-state index contributed by atoms with van der Waals surface area (Å²) < 4.78 is 26.5. The third-order valence-electron chi connectivity index (χ3n) is 2.89. The van der Waals surface area contributed by atoms with Crippen molar-refractivity contribution in [2.24, 2.45) is 5.16 Å². The molecule has 112 valence electrons. The molecule has 2 aromatic rings. The molecule has 0 radical (unpaired) electrons. The second-order valence-electron chi connectivity index (χ2n) is 4.36. The van der Waals surface area contributed by atoms with Crippen LogP contribution in [0.5, 0.6) is 0 Å². The Morgan fingerprint density at radius 3 is 2.36 bits per heavy atom. The molecule has 0 saturated carbocycles. The lowest BCUT2D eigenvalue weighted by Crippen LogP contribution is -2.06. The number of hydrogen-bond donors (Lipinski definition) is 1. The van der Waals surface area contributed by atoms with Gasteiger partial charge >= 0.3 is 0 Å². The van der Waals surface area contributed by atoms with Crippen molar-refractivity contribution < 1.29 is 18.7 Å². The normalized spacial score (nSPS) is 11.1. The van der Waals surface area contributed by atoms with Crippen LogP contribution in [0.4, 0.5) is 8.78 Å². The van der Waals surface area contributed by atoms with Gasteiger partial charge in [-0.05, 0) is 23.8 Å². The first-order chi connectivity index (χ1) is 10.7. The van der Waals surface area contributed by atoms with Crippen LogP contribution in [0.2, 0.25) is 0 Å². The molecular weight excluding hydrogens is 290 g/mol. The van der Waals surface area contributed by atoms with Gasteiger partial charge in [0.1, 0.15) is 11.8 Å². The standard InChI is InChI=1S/C16H12F2N2O2/c17-14-6-5-13(9-15(14)18)16(20-22-8-7-19)12-3-1-11(10-21)2-4-12/h1-6,9,21H,8,10H2/b20-16-. The molecule has 0 unspecified atom stereocenters. The Kier molecular flexibility index (Phi) is 5.17. The minimum Gasteiger partial charge on any atom is -0.392 e. The van der Waals surface area contributed by atoms with E-state index in [4.69, 9.17) is 15.2 Å². The predicted molar refractivity (Wildman–Crippen MR) is 75.9 cm³/mol. The molecule has 0 bridgehead atoms. The molecule has 0 saturated heterocycles. The van der Waals surface area contributed by atoms with Crippen molar-refractivity contribution in [3.8, 4) is 6.07 Å². The number of oxime groups is 1. The number of rotatable bonds is 5. The Balaban J connectivity index is 2.43. The maximum atomic E-state index is 13.4. The van der Waals surface area contributed by atoms with Gasteiger partial charge in [0.2, 0.25) is 6.61 Å². The molecule has 0 amide bonds. The highest BCUT2D eigenvalue weighted by Gasteiger charge is 2.11. The van der Waals surface area contributed by atoms with Gasteiger partial charge in [0.25, 0.3) is 0 Å². The summed E-state index contributed by atoms with van der Waals surface area (Å²) in [4.78, 5) is 4.84. The predicted octanol–water partition coefficient (Wildman–Crippen LogP) is 2.75. The van der Waals surface area contributed by atoms with Gasteiger partial charge in [-0.15, -0.1) is 0 Å². The molecule has 4 nitrogen and oxygen atoms in total. The SMILES string of the molecule is N#CCO/N=C(/c1ccc(CO)cc1)c1ccc(F)c(F)c1. The van der Waals surface area contributed by atoms with Crippen LogP contribution in [0.15, 0.2) is 47.6 Å². The summed E-state index contributed by atoms with van der Waals surface area (Å²) in [5, 5.41) is 21.4. The molecule has 0 aliphatic heterocycles. The minimum absolute atomic E-state index is 0.108. The van der Waals surface area contributed by atoms with Crippen LogP contribution in [0.1, 0.15) is 16.7 Å². The van der Waals surface area contributed by atoms with Gasteiger partial charge in [0.15, 0.2) is 11.6 Å². The zero-order chi connectivity index (χ0) is 15.9. The molecule has 0 aliphatic carbocycles. The lowest BCUT2D eigenvalue weighted by Gasteiger charge is -2.08. The van der Waals surface area contributed by atoms with Gasteiger partial charge in [-0.3, -0.25) is 0 Å². The zero-order valence-electron chi connectivity index (χ0n) is 11.5. The van der Waals surface area contributed by atoms with Crippen LogP contribution in [-0.2, 0) is 11.4 Å². The molecule has 0 atom stereocenters. The van der Waals surface area contributed by atoms with E-state index in [1.54, 1.807) is 30.3 Å². The maximum Gasteiger partial charge on any atom is 0.202 e. The molecule has 0 heterocycles. The van der Waals surface area contributed by atoms with Crippen molar-refractivity contribution in [1.82, 2.24) is 0 Å². The van der Waals surface area contributed by atoms with Gasteiger partial charge in [-0.2, -0.15) is 5.26 Å². The lowest BCUT2D eigenvalue weighted by molar-refractivity contribution is 0.179. The minimum atomic E-state index is -1.00. The van der Waals surface area contributed by atoms with E-state index in [0.29, 0.717) is 16.7 Å². The molecule has 1 N–H and O–H groups in total. The first kappa shape index (κ1) is 15.6. The van der Waals surface area contributed by atoms with E-state index in [-0.39, 0.29) is 18.9 Å². The molecule has 6 heteroatoms. The van der Waals surface area contributed by atoms with Crippen molar-refractivity contribution in [2.75, 3.05) is 6.61 Å². The summed E-state index contributed by atoms with van der Waals surface area (Å²) in [6.45, 7) is -0.370. The third-order valence-corrected chi connectivity index (χ3v) is 2.89. The Hall–Kier alpha value is -2.78. The highest BCUT2D eigenvalue weighted by Crippen LogP contribution is 2.16. The highest BCUT2D eigenvalue weighted by molar-refractivity contribution is 6.12. The van der Waals surface area contributed by atoms with E-state index in [2.05, 4.69) is 5.16 Å². The fourth-order valence-corrected chi connectivity index (χ4v) is 1.81. The van der Waals surface area contributed by atoms with Gasteiger partial charge in [0.05, 0.1) is 6.61 Å². The second-order valence-corrected chi connectivity index (χ2v) is 4.36. The Morgan fingerprint density at radius 1 is 1.09 bits per heavy atom. The number of benzene rings is 2. The Bertz CT molecular complexity index is 722. The van der Waals surface area contributed by atoms with Gasteiger partial charge in [-0.1, -0.05) is 29.4 Å². The number of hydrogen-bond acceptors (Lipinski definition) is 4. The first-order valence-electron chi connectivity index (χ1n) is 6.38. The smallest absolute Gasteiger partial charge is 0.202 e. The lowest BCUT2D eigenvalue weighted by atomic mass is 10.0. The van der Waals surface area contributed by atoms with Crippen LogP contribution in [0.3, 0.4) is 0 Å². The second kappa shape index (κ2) is 7.29. The number of halogens is 2. The molecule has 0 aliphatic rings. The first-order valence-corrected chi connectivity index (χ1v) is 6.38. The summed E-state index contributed by atoms with van der Waals surface area (Å²) in [6, 6.07) is 11.8. The molecule has 0 aromatic heterocycles. The van der Waals surface area contributed by atoms with Crippen LogP contribution in [-0.4, -0.2) is 17.4 Å². The highest BCUT2D eigenvalue weighted by atomic mass is 19.2. The van der Waals surface area contributed by atoms with Crippen molar-refractivity contribution in [1.29, 1.82) is 5.26 Å². The van der Waals surface area contributed by atoms with Gasteiger partial charge in [0, 0.05) is 11.1 Å². The summed E-state index contributed by atoms with van der Waals surface area (Å²) >= 11 is 0. The summed E-state index contributed by atoms with van der Waals surface area (Å²) in [6.07, 6.45) is 0. The van der Waals surface area contributed by atoms with Crippen LogP contribution in [0, 0.1) is 23.0 Å². The van der Waals surface area contributed by atoms with Crippen LogP contribution < -0.4 is 0 Å². The van der Waals surface area contributed by atoms with Crippen molar-refractivity contribution in [2.45, 2.75) is 6.61 Å². The number of aliphatic hydroxyl groups excluding tert-OH is 1. The topological polar surface area (TPSA) is 65.6 Å². The monoisotopic (exact) mass is 302 g/mol. The van der Waals surface area contributed by atoms with E-state index < -0.39 is 11.6 Å². The maximum absolute atomic E-state index is 13.4. The molecule has 2 aromatic carbocycles. The quantitative estimate of drug-likeness (QED) is 0.524. The van der Waals surface area contributed by atoms with Crippen molar-refractivity contribution in [3.05, 3.63) is 70.8 Å². The van der Waals surface area contributed by atoms with Crippen LogP contribution in [0.25, 0.3) is 0 Å². The van der Waals surface area contributed by atoms with Gasteiger partial charge in [-0.25, -0.2) is 8.78 Å². The summed E-state index contributed by atoms with van der Waals surface area (Å²) in [5.41, 5.74) is 1.86. The molecule has 0 spiro atoms. The average Bonchev–Trinajstić information content (AvgIpc) is 2.55. The van der Waals surface area contributed by atoms with Gasteiger partial charge < -0.3 is 9.94 Å². The molecule has 22 heavy (non-hydrogen) atoms. The number of nitrogens with zero attached hydrogens (tertiary/aromatic N) is 2. The van der Waals surface area contributed by atoms with Crippen LogP contribution >= 0.6 is 0 Å². The Morgan fingerprint density at radius 2 is 1.77 bits per heavy atom. The number of aliphatic hydroxyl groups is 1. The van der Waals surface area contributed by atoms with E-state index in [0.717, 1.165) is 12.1 Å². The Labute approximate surface area is 125 Å². The average molecular weight is 302 g/mol. The molecular formula is C16H12F2N2O2. The molecule has 0 fully saturated rings. The number of nitriles is 1. The fraction of sp³-hybridized carbons (Fsp3) is 0.125. The van der Waals surface area contributed by atoms with Crippen molar-refractivity contribution >= 4 is 5.71 Å². The molecule has 2 rings (SSSR count). The van der Waals surface area contributed by atoms with Crippen molar-refractivity contribution in [3.63, 3.8) is 0 Å². The van der Waals surface area contributed by atoms with E-state index in [1.165, 1.54) is 6.07 Å². The zero-order valence-corrected chi connectivity index (χ0v) is 11.5. The van der Waals surface area contributed by atoms with E-state index in [9.17, 15) is 8.78 Å². The fourth-order valence-electron chi connectivity index (χ4n) is 1.81. The summed E-state index contributed by atoms with van der Waals surface area (Å²) in [7, 11) is 0. The third kappa shape index (κ3) is 3.65. The van der Waals surface area contributed by atoms with E-state index in [1.807, 2.05) is 0 Å². The largest absolute Gasteiger partial charge is 0.392 e.